The maximum absolute atomic E-state index is 13.2. The lowest BCUT2D eigenvalue weighted by molar-refractivity contribution is 0.0325. The second-order valence-electron chi connectivity index (χ2n) is 24.2. The average Bonchev–Trinajstić information content (AvgIpc) is 1.61. The van der Waals surface area contributed by atoms with Crippen LogP contribution in [0.15, 0.2) is 109 Å². The van der Waals surface area contributed by atoms with E-state index in [0.29, 0.717) is 96.3 Å². The Morgan fingerprint density at radius 1 is 0.394 bits per heavy atom. The second-order valence-corrected chi connectivity index (χ2v) is 24.2. The number of carbonyl (C=O) groups is 2. The summed E-state index contributed by atoms with van der Waals surface area (Å²) in [5, 5.41) is 6.24. The van der Waals surface area contributed by atoms with Crippen LogP contribution in [-0.4, -0.2) is 192 Å². The number of alkyl halides is 2. The third kappa shape index (κ3) is 22.2. The molecule has 0 aliphatic rings. The second kappa shape index (κ2) is 37.5. The Morgan fingerprint density at radius 3 is 1.03 bits per heavy atom. The zero-order valence-electron chi connectivity index (χ0n) is 56.3. The minimum atomic E-state index is -0.626. The van der Waals surface area contributed by atoms with Gasteiger partial charge in [0.15, 0.2) is 0 Å². The Hall–Kier alpha value is -7.63. The molecule has 6 aromatic carbocycles. The lowest BCUT2D eigenvalue weighted by Crippen LogP contribution is -2.27. The molecule has 9 rings (SSSR count). The number of benzene rings is 6. The summed E-state index contributed by atoms with van der Waals surface area (Å²) in [4.78, 5) is 35.9. The first kappa shape index (κ1) is 77.1. The fraction of sp³-hybridized carbons (Fsp3) is 0.472. The van der Waals surface area contributed by atoms with E-state index in [1.54, 1.807) is 9.13 Å². The van der Waals surface area contributed by atoms with Gasteiger partial charge in [-0.15, -0.1) is 12.4 Å². The predicted molar refractivity (Wildman–Crippen MR) is 379 cm³/mol. The first-order valence-electron chi connectivity index (χ1n) is 31.3. The number of ether oxygens (including phenoxy) is 11. The van der Waals surface area contributed by atoms with Crippen LogP contribution in [-0.2, 0) is 37.9 Å². The molecule has 0 radical (unpaired) electrons. The van der Waals surface area contributed by atoms with Crippen molar-refractivity contribution in [2.45, 2.75) is 73.5 Å². The van der Waals surface area contributed by atoms with Crippen molar-refractivity contribution < 1.29 is 70.5 Å². The van der Waals surface area contributed by atoms with Crippen molar-refractivity contribution in [2.75, 3.05) is 169 Å². The number of nitrogens with one attached hydrogen (secondary N) is 1. The molecule has 94 heavy (non-hydrogen) atoms. The number of hydrogen-bond donors (Lipinski definition) is 1. The first-order chi connectivity index (χ1) is 44.1. The van der Waals surface area contributed by atoms with E-state index in [-0.39, 0.29) is 33.0 Å². The Labute approximate surface area is 558 Å². The third-order valence-corrected chi connectivity index (χ3v) is 14.1. The molecule has 0 bridgehead atoms. The van der Waals surface area contributed by atoms with Gasteiger partial charge in [0, 0.05) is 122 Å². The molecular formula is C72H99ClF2N6O13. The molecule has 1 N–H and O–H groups in total. The van der Waals surface area contributed by atoms with Gasteiger partial charge < -0.3 is 71.8 Å². The number of anilines is 3. The van der Waals surface area contributed by atoms with Crippen molar-refractivity contribution in [1.29, 1.82) is 0 Å². The van der Waals surface area contributed by atoms with Crippen LogP contribution in [0.2, 0.25) is 0 Å². The maximum Gasteiger partial charge on any atom is 0.419 e. The normalized spacial score (nSPS) is 11.4. The smallest absolute Gasteiger partial charge is 0.419 e. The SMILES string of the molecule is C.CCCOCCOCCOc1ccc2c3ccc(N(C)C)cc3n(C(=O)OC(C)(C)C)c2c1.CN(C)c1ccc2c(c1)[nH]c1cc(OCCOCCOCC[18F])ccc12.CN(C)c1ccc2c3ccc(OCCOCCOCC[18F])cc3n(C(=O)OC(C)(C)C)c2c1.Cl. The van der Waals surface area contributed by atoms with Gasteiger partial charge in [0.2, 0.25) is 0 Å². The number of H-pyrrole nitrogens is 1. The first-order valence-corrected chi connectivity index (χ1v) is 31.3. The number of carbonyl (C=O) groups excluding carboxylic acids is 2. The van der Waals surface area contributed by atoms with E-state index in [1.807, 2.05) is 179 Å². The number of aromatic amines is 1. The van der Waals surface area contributed by atoms with Crippen LogP contribution in [0.5, 0.6) is 17.2 Å². The molecular weight excluding hydrogens is 1230 g/mol. The number of halogens is 3. The van der Waals surface area contributed by atoms with E-state index in [9.17, 15) is 18.4 Å². The molecule has 3 heterocycles. The molecule has 0 fully saturated rings. The average molecular weight is 1330 g/mol. The quantitative estimate of drug-likeness (QED) is 0.0421. The zero-order valence-corrected chi connectivity index (χ0v) is 57.1. The molecule has 516 valence electrons. The summed E-state index contributed by atoms with van der Waals surface area (Å²) in [5.41, 5.74) is 7.13. The van der Waals surface area contributed by atoms with E-state index in [2.05, 4.69) is 41.1 Å². The molecule has 0 aliphatic carbocycles. The molecule has 19 nitrogen and oxygen atoms in total. The van der Waals surface area contributed by atoms with Gasteiger partial charge in [-0.3, -0.25) is 0 Å². The van der Waals surface area contributed by atoms with Crippen molar-refractivity contribution in [3.63, 3.8) is 0 Å². The van der Waals surface area contributed by atoms with Gasteiger partial charge in [0.25, 0.3) is 0 Å². The summed E-state index contributed by atoms with van der Waals surface area (Å²) < 4.78 is 87.8. The highest BCUT2D eigenvalue weighted by Gasteiger charge is 2.25. The van der Waals surface area contributed by atoms with E-state index in [4.69, 9.17) is 52.1 Å². The Bertz CT molecular complexity index is 3630. The van der Waals surface area contributed by atoms with Crippen molar-refractivity contribution in [3.8, 4) is 17.2 Å². The number of hydrogen-bond acceptors (Lipinski definition) is 16. The van der Waals surface area contributed by atoms with Crippen LogP contribution < -0.4 is 28.9 Å². The van der Waals surface area contributed by atoms with Crippen LogP contribution in [0.1, 0.15) is 62.3 Å². The minimum Gasteiger partial charge on any atom is -0.491 e. The fourth-order valence-corrected chi connectivity index (χ4v) is 9.84. The van der Waals surface area contributed by atoms with Crippen LogP contribution in [0.4, 0.5) is 35.4 Å². The van der Waals surface area contributed by atoms with Crippen LogP contribution in [0.25, 0.3) is 65.4 Å². The summed E-state index contributed by atoms with van der Waals surface area (Å²) in [5.74, 6) is 2.10. The van der Waals surface area contributed by atoms with Crippen molar-refractivity contribution in [2.24, 2.45) is 0 Å². The number of fused-ring (bicyclic) bond motifs is 9. The number of nitrogens with zero attached hydrogens (tertiary/aromatic N) is 5. The highest BCUT2D eigenvalue weighted by atomic mass is 35.5. The number of aromatic nitrogens is 3. The maximum atomic E-state index is 13.2. The van der Waals surface area contributed by atoms with Gasteiger partial charge in [-0.1, -0.05) is 32.5 Å². The van der Waals surface area contributed by atoms with E-state index >= 15 is 0 Å². The van der Waals surface area contributed by atoms with Crippen LogP contribution >= 0.6 is 12.4 Å². The summed E-state index contributed by atoms with van der Waals surface area (Å²) in [6.07, 6.45) is 0.153. The summed E-state index contributed by atoms with van der Waals surface area (Å²) >= 11 is 0. The Balaban J connectivity index is 0.000000255. The van der Waals surface area contributed by atoms with E-state index in [1.165, 1.54) is 10.8 Å². The third-order valence-electron chi connectivity index (χ3n) is 14.1. The zero-order chi connectivity index (χ0) is 66.4. The van der Waals surface area contributed by atoms with Crippen molar-refractivity contribution >= 4 is 107 Å². The molecule has 0 aliphatic heterocycles. The van der Waals surface area contributed by atoms with Gasteiger partial charge in [-0.05, 0) is 121 Å². The largest absolute Gasteiger partial charge is 0.491 e. The van der Waals surface area contributed by atoms with Crippen molar-refractivity contribution in [1.82, 2.24) is 14.1 Å². The number of rotatable bonds is 30. The molecule has 0 saturated carbocycles. The van der Waals surface area contributed by atoms with Crippen LogP contribution in [0, 0.1) is 0 Å². The predicted octanol–water partition coefficient (Wildman–Crippen LogP) is 15.3. The van der Waals surface area contributed by atoms with Gasteiger partial charge in [0.05, 0.1) is 100 Å². The molecule has 0 saturated heterocycles. The fourth-order valence-electron chi connectivity index (χ4n) is 9.84. The highest BCUT2D eigenvalue weighted by Crippen LogP contribution is 2.37. The molecule has 0 atom stereocenters. The summed E-state index contributed by atoms with van der Waals surface area (Å²) in [6.45, 7) is 18.5. The van der Waals surface area contributed by atoms with Gasteiger partial charge in [-0.25, -0.2) is 27.5 Å². The standard InChI is InChI=1S/C26H36N2O5.C25H33FN2O5.C20H25FN2O3.CH4.ClH/c1-7-12-30-13-14-31-15-16-32-20-9-11-22-21-10-8-19(27(5)6)17-23(21)28(24(22)18-20)25(29)33-26(2,3)4;1-25(2,3)33-24(29)28-22-16-18(27(4)5)6-8-20(22)21-9-7-19(17-23(21)28)32-15-14-31-13-12-30-11-10-26;1-23(2)15-3-5-17-18-6-4-16(14-20(18)22-19(17)13-15)26-12-11-25-10-9-24-8-7-21;;/h8-11,17-18H,7,12-16H2,1-6H3;6-9,16-17H,10-15H2,1-5H3;3-6,13-14,22H,7-12H2,1-2H3;1H4;1H/i;26-1;21-1;;. The minimum absolute atomic E-state index is 0. The molecule has 9 aromatic rings. The van der Waals surface area contributed by atoms with Gasteiger partial charge >= 0.3 is 12.2 Å². The Morgan fingerprint density at radius 2 is 0.681 bits per heavy atom. The van der Waals surface area contributed by atoms with Gasteiger partial charge in [0.1, 0.15) is 61.6 Å². The van der Waals surface area contributed by atoms with E-state index < -0.39 is 36.7 Å². The molecule has 0 amide bonds. The molecule has 0 spiro atoms. The Kier molecular flexibility index (Phi) is 30.7. The lowest BCUT2D eigenvalue weighted by atomic mass is 10.1. The van der Waals surface area contributed by atoms with E-state index in [0.717, 1.165) is 85.0 Å². The topological polar surface area (TPSA) is 171 Å². The highest BCUT2D eigenvalue weighted by molar-refractivity contribution is 6.15. The summed E-state index contributed by atoms with van der Waals surface area (Å²) in [7, 11) is 11.9. The van der Waals surface area contributed by atoms with Gasteiger partial charge in [-0.2, -0.15) is 0 Å². The molecule has 22 heteroatoms. The summed E-state index contributed by atoms with van der Waals surface area (Å²) in [6, 6.07) is 36.1. The van der Waals surface area contributed by atoms with Crippen LogP contribution in [0.3, 0.4) is 0 Å². The molecule has 0 unspecified atom stereocenters. The van der Waals surface area contributed by atoms with Crippen molar-refractivity contribution in [3.05, 3.63) is 109 Å². The monoisotopic (exact) mass is 1330 g/mol. The molecule has 3 aromatic heterocycles. The lowest BCUT2D eigenvalue weighted by Gasteiger charge is -2.20.